The van der Waals surface area contributed by atoms with Gasteiger partial charge in [-0.2, -0.15) is 10.2 Å². The Balaban J connectivity index is 0.000000169. The highest BCUT2D eigenvalue weighted by Gasteiger charge is 2.34. The summed E-state index contributed by atoms with van der Waals surface area (Å²) in [4.78, 5) is 85.5. The average molecular weight is 1960 g/mol. The highest BCUT2D eigenvalue weighted by molar-refractivity contribution is 8.01. The molecule has 702 valence electrons. The molecule has 5 amide bonds. The third kappa shape index (κ3) is 31.4. The van der Waals surface area contributed by atoms with E-state index >= 15 is 0 Å². The lowest BCUT2D eigenvalue weighted by Gasteiger charge is -2.25. The summed E-state index contributed by atoms with van der Waals surface area (Å²) in [5.74, 6) is 19.0. The predicted molar refractivity (Wildman–Crippen MR) is 528 cm³/mol. The summed E-state index contributed by atoms with van der Waals surface area (Å²) < 4.78 is 114. The Kier molecular flexibility index (Phi) is 37.4. The number of halogens is 7. The second kappa shape index (κ2) is 47.1. The van der Waals surface area contributed by atoms with Crippen molar-refractivity contribution >= 4 is 164 Å². The fourth-order valence-corrected chi connectivity index (χ4v) is 26.3. The number of aliphatic imine (C=N–C) groups is 3. The molecule has 0 spiro atoms. The van der Waals surface area contributed by atoms with E-state index in [1.807, 2.05) is 83.2 Å². The van der Waals surface area contributed by atoms with Crippen molar-refractivity contribution in [2.45, 2.75) is 126 Å². The zero-order valence-corrected chi connectivity index (χ0v) is 81.6. The zero-order valence-electron chi connectivity index (χ0n) is 74.5. The molecule has 7 aliphatic heterocycles. The Morgan fingerprint density at radius 1 is 0.408 bits per heavy atom. The fraction of sp³-hybridized carbons (Fsp3) is 0.432. The SMILES string of the molecule is C=S1(=O)CCC(CCN(Cc2c(Cl)cccc2Cl)C(=O)C2=CC(C)=NC2)C1.C=S1(=O)CCC(CCN(Cc2c(F)cccc2F)C(=O)C2=CC(C)=NC2)C1.C=S1(=O)CCC(CCN(Cc2ccccc2Cl)C(=O)c2cc(C)[nH]n2)C1.C=S1(=O)CCC(CCN(Cc2ccccc2F)C(=O)c2cc(C)[nH]n2)C1.CCS(=O)(=O)CCN(Cc1ccccc1Cl)C(=O)C1=CC(C)=NC1. The summed E-state index contributed by atoms with van der Waals surface area (Å²) in [5.41, 5.74) is 9.39. The van der Waals surface area contributed by atoms with E-state index in [1.165, 1.54) is 34.1 Å². The van der Waals surface area contributed by atoms with Crippen LogP contribution in [0.3, 0.4) is 0 Å². The summed E-state index contributed by atoms with van der Waals surface area (Å²) in [6.07, 6.45) is 11.8. The van der Waals surface area contributed by atoms with Crippen molar-refractivity contribution in [3.8, 4) is 0 Å². The molecule has 7 aromatic rings. The van der Waals surface area contributed by atoms with Crippen molar-refractivity contribution < 1.29 is 62.4 Å². The maximum atomic E-state index is 14.1. The largest absolute Gasteiger partial charge is 0.334 e. The molecule has 8 unspecified atom stereocenters. The van der Waals surface area contributed by atoms with Gasteiger partial charge in [-0.15, -0.1) is 0 Å². The van der Waals surface area contributed by atoms with Crippen molar-refractivity contribution in [2.75, 3.05) is 110 Å². The number of hydrogen-bond donors (Lipinski definition) is 2. The van der Waals surface area contributed by atoms with Crippen molar-refractivity contribution in [1.82, 2.24) is 44.9 Å². The standard InChI is InChI=1S/C20H24Cl2N2O2S.C20H24F2N2O2S.C19H24ClN3O2S.C19H24FN3O2S.C17H21ClN2O3S/c2*1-14-10-16(11-23-14)20(25)24(8-6-15-7-9-27(2,26)13-15)12-17-18(21)4-3-5-19(17)22;2*1-14-11-18(22-21-14)19(24)23(12-16-5-3-4-6-17(16)20)9-7-15-8-10-26(2,25)13-15;1-3-24(22,23)9-8-20(12-14-6-4-5-7-16(14)18)17(21)15-10-13(2)19-11-15/h2*3-5,10,15H,2,6-9,11-13H2,1H3;2*3-6,11,15H,2,7-10,12-13H2,1H3,(H,21,22);4-7,10H,3,8-9,11-12H2,1-2H3. The number of carbonyl (C=O) groups is 5. The number of H-pyrrole nitrogens is 2. The summed E-state index contributed by atoms with van der Waals surface area (Å²) in [6.45, 7) is 15.1. The van der Waals surface area contributed by atoms with Gasteiger partial charge in [-0.25, -0.2) is 21.6 Å². The van der Waals surface area contributed by atoms with E-state index in [1.54, 1.807) is 88.4 Å². The van der Waals surface area contributed by atoms with Crippen LogP contribution in [-0.2, 0) is 95.0 Å². The van der Waals surface area contributed by atoms with Crippen LogP contribution in [0, 0.1) is 55.0 Å². The fourth-order valence-electron chi connectivity index (χ4n) is 16.1. The third-order valence-corrected chi connectivity index (χ3v) is 35.0. The van der Waals surface area contributed by atoms with Gasteiger partial charge in [0.1, 0.15) is 28.8 Å². The lowest BCUT2D eigenvalue weighted by molar-refractivity contribution is -0.128. The molecule has 0 aliphatic carbocycles. The lowest BCUT2D eigenvalue weighted by Crippen LogP contribution is -2.36. The first kappa shape index (κ1) is 103. The lowest BCUT2D eigenvalue weighted by atomic mass is 10.0. The van der Waals surface area contributed by atoms with Gasteiger partial charge in [-0.3, -0.25) is 66.0 Å². The van der Waals surface area contributed by atoms with E-state index < -0.39 is 59.6 Å². The van der Waals surface area contributed by atoms with Gasteiger partial charge < -0.3 is 24.5 Å². The number of rotatable bonds is 31. The maximum absolute atomic E-state index is 14.1. The highest BCUT2D eigenvalue weighted by atomic mass is 35.5. The van der Waals surface area contributed by atoms with Gasteiger partial charge in [-0.1, -0.05) is 120 Å². The molecule has 14 rings (SSSR count). The van der Waals surface area contributed by atoms with Crippen LogP contribution < -0.4 is 0 Å². The summed E-state index contributed by atoms with van der Waals surface area (Å²) in [6, 6.07) is 33.7. The molecular weight excluding hydrogens is 1840 g/mol. The van der Waals surface area contributed by atoms with Gasteiger partial charge in [0, 0.05) is 193 Å². The van der Waals surface area contributed by atoms with Crippen LogP contribution in [0.4, 0.5) is 13.2 Å². The monoisotopic (exact) mass is 1960 g/mol. The van der Waals surface area contributed by atoms with E-state index in [9.17, 15) is 62.4 Å². The molecule has 35 heteroatoms. The zero-order chi connectivity index (χ0) is 94.4. The second-order valence-corrected chi connectivity index (χ2v) is 49.2. The van der Waals surface area contributed by atoms with Gasteiger partial charge in [0.2, 0.25) is 0 Å². The van der Waals surface area contributed by atoms with Crippen LogP contribution >= 0.6 is 46.4 Å². The Morgan fingerprint density at radius 2 is 0.708 bits per heavy atom. The number of benzene rings is 5. The molecule has 130 heavy (non-hydrogen) atoms. The molecule has 8 atom stereocenters. The molecule has 2 N–H and O–H groups in total. The van der Waals surface area contributed by atoms with E-state index in [4.69, 9.17) is 46.4 Å². The normalized spacial score (nSPS) is 21.9. The quantitative estimate of drug-likeness (QED) is 0.0382. The molecule has 0 radical (unpaired) electrons. The first-order valence-electron chi connectivity index (χ1n) is 43.2. The van der Waals surface area contributed by atoms with E-state index in [2.05, 4.69) is 58.9 Å². The van der Waals surface area contributed by atoms with E-state index in [0.717, 1.165) is 90.2 Å². The molecule has 9 heterocycles. The smallest absolute Gasteiger partial charge is 0.274 e. The Hall–Kier alpha value is -8.92. The summed E-state index contributed by atoms with van der Waals surface area (Å²) >= 11 is 25.1. The van der Waals surface area contributed by atoms with Crippen molar-refractivity contribution in [3.63, 3.8) is 0 Å². The van der Waals surface area contributed by atoms with Crippen LogP contribution in [-0.4, -0.2) is 250 Å². The van der Waals surface area contributed by atoms with Crippen molar-refractivity contribution in [2.24, 2.45) is 38.6 Å². The highest BCUT2D eigenvalue weighted by Crippen LogP contribution is 2.32. The number of nitrogens with zero attached hydrogens (tertiary/aromatic N) is 10. The van der Waals surface area contributed by atoms with E-state index in [0.29, 0.717) is 170 Å². The van der Waals surface area contributed by atoms with E-state index in [-0.39, 0.29) is 97.0 Å². The molecule has 7 aliphatic rings. The van der Waals surface area contributed by atoms with Gasteiger partial charge in [0.15, 0.2) is 9.84 Å². The molecular formula is C95H117Cl4F3N12O11S5. The minimum absolute atomic E-state index is 0.0417. The third-order valence-electron chi connectivity index (χ3n) is 23.6. The number of aromatic amines is 2. The first-order chi connectivity index (χ1) is 61.5. The molecule has 4 fully saturated rings. The van der Waals surface area contributed by atoms with Crippen LogP contribution in [0.1, 0.15) is 139 Å². The number of carbonyl (C=O) groups excluding carboxylic acids is 5. The molecule has 2 aromatic heterocycles. The van der Waals surface area contributed by atoms with Gasteiger partial charge in [-0.05, 0) is 255 Å². The average Bonchev–Trinajstić information content (AvgIpc) is 1.50. The van der Waals surface area contributed by atoms with Gasteiger partial charge in [0.25, 0.3) is 29.5 Å². The molecule has 0 saturated carbocycles. The van der Waals surface area contributed by atoms with Crippen molar-refractivity contribution in [1.29, 1.82) is 0 Å². The van der Waals surface area contributed by atoms with Gasteiger partial charge in [0.05, 0.1) is 31.9 Å². The number of hydrogen-bond acceptors (Lipinski definition) is 16. The minimum Gasteiger partial charge on any atom is -0.334 e. The number of aromatic nitrogens is 4. The molecule has 5 aromatic carbocycles. The number of sulfone groups is 1. The first-order valence-corrected chi connectivity index (χ1v) is 54.8. The summed E-state index contributed by atoms with van der Waals surface area (Å²) in [7, 11) is -11.0. The van der Waals surface area contributed by atoms with Crippen molar-refractivity contribution in [3.05, 3.63) is 244 Å². The predicted octanol–water partition coefficient (Wildman–Crippen LogP) is 14.9. The number of allylic oxidation sites excluding steroid dienone is 3. The Labute approximate surface area is 784 Å². The molecule has 4 saturated heterocycles. The minimum atomic E-state index is -3.16. The van der Waals surface area contributed by atoms with Crippen LogP contribution in [0.5, 0.6) is 0 Å². The Bertz CT molecular complexity index is 5740. The maximum Gasteiger partial charge on any atom is 0.274 e. The molecule has 0 bridgehead atoms. The number of amides is 5. The topological polar surface area (TPSA) is 298 Å². The number of nitrogens with one attached hydrogen (secondary N) is 2. The van der Waals surface area contributed by atoms with Crippen LogP contribution in [0.25, 0.3) is 0 Å². The van der Waals surface area contributed by atoms with Crippen LogP contribution in [0.15, 0.2) is 171 Å². The van der Waals surface area contributed by atoms with Crippen LogP contribution in [0.2, 0.25) is 20.1 Å². The second-order valence-electron chi connectivity index (χ2n) is 34.4. The molecule has 23 nitrogen and oxygen atoms in total. The van der Waals surface area contributed by atoms with Gasteiger partial charge >= 0.3 is 0 Å². The summed E-state index contributed by atoms with van der Waals surface area (Å²) in [5, 5.41) is 16.0. The Morgan fingerprint density at radius 3 is 1.02 bits per heavy atom. The number of aryl methyl sites for hydroxylation is 2.